The summed E-state index contributed by atoms with van der Waals surface area (Å²) in [5, 5.41) is 14.7. The number of carbonyl (C=O) groups is 1. The minimum atomic E-state index is -0.142. The van der Waals surface area contributed by atoms with E-state index in [0.717, 1.165) is 17.2 Å². The first kappa shape index (κ1) is 14.4. The lowest BCUT2D eigenvalue weighted by atomic mass is 9.97. The van der Waals surface area contributed by atoms with Crippen LogP contribution in [-0.2, 0) is 0 Å². The molecule has 0 aliphatic carbocycles. The van der Waals surface area contributed by atoms with Crippen LogP contribution in [0.1, 0.15) is 49.0 Å². The van der Waals surface area contributed by atoms with Crippen LogP contribution in [0.3, 0.4) is 0 Å². The molecule has 0 aromatic heterocycles. The number of rotatable bonds is 4. The van der Waals surface area contributed by atoms with Crippen molar-refractivity contribution in [3.05, 3.63) is 41.5 Å². The smallest absolute Gasteiger partial charge is 0.251 e. The number of amides is 1. The van der Waals surface area contributed by atoms with Crippen molar-refractivity contribution in [2.24, 2.45) is 0 Å². The molecule has 0 spiro atoms. The van der Waals surface area contributed by atoms with Crippen LogP contribution in [0.2, 0.25) is 0 Å². The van der Waals surface area contributed by atoms with Gasteiger partial charge in [0.25, 0.3) is 5.91 Å². The number of hydrogen-bond donors (Lipinski definition) is 2. The van der Waals surface area contributed by atoms with E-state index in [1.807, 2.05) is 31.2 Å². The monoisotopic (exact) mass is 271 g/mol. The highest BCUT2D eigenvalue weighted by Gasteiger charge is 2.10. The number of phenolic OH excluding ortho intramolecular Hbond substituents is 1. The number of nitrogens with one attached hydrogen (secondary N) is 1. The summed E-state index contributed by atoms with van der Waals surface area (Å²) in [6.07, 6.45) is 0.892. The Morgan fingerprint density at radius 2 is 2.00 bits per heavy atom. The molecule has 0 heterocycles. The van der Waals surface area contributed by atoms with Gasteiger partial charge in [-0.05, 0) is 41.5 Å². The Bertz CT molecular complexity index is 632. The summed E-state index contributed by atoms with van der Waals surface area (Å²) in [7, 11) is 0. The van der Waals surface area contributed by atoms with E-state index < -0.39 is 0 Å². The van der Waals surface area contributed by atoms with Gasteiger partial charge < -0.3 is 10.4 Å². The topological polar surface area (TPSA) is 49.3 Å². The summed E-state index contributed by atoms with van der Waals surface area (Å²) < 4.78 is 0. The quantitative estimate of drug-likeness (QED) is 0.888. The van der Waals surface area contributed by atoms with Gasteiger partial charge in [-0.3, -0.25) is 4.79 Å². The fourth-order valence-electron chi connectivity index (χ4n) is 2.19. The lowest BCUT2D eigenvalue weighted by Crippen LogP contribution is -2.23. The van der Waals surface area contributed by atoms with Crippen molar-refractivity contribution in [1.29, 1.82) is 0 Å². The minimum absolute atomic E-state index is 0.142. The van der Waals surface area contributed by atoms with Crippen LogP contribution in [0.15, 0.2) is 30.3 Å². The maximum absolute atomic E-state index is 12.0. The first-order valence-electron chi connectivity index (χ1n) is 7.07. The van der Waals surface area contributed by atoms with E-state index in [0.29, 0.717) is 18.0 Å². The number of aromatic hydroxyl groups is 1. The Morgan fingerprint density at radius 1 is 1.25 bits per heavy atom. The minimum Gasteiger partial charge on any atom is -0.507 e. The van der Waals surface area contributed by atoms with E-state index in [2.05, 4.69) is 19.2 Å². The Kier molecular flexibility index (Phi) is 4.28. The van der Waals surface area contributed by atoms with Crippen molar-refractivity contribution in [3.63, 3.8) is 0 Å². The Labute approximate surface area is 119 Å². The normalized spacial score (nSPS) is 11.0. The molecule has 106 valence electrons. The van der Waals surface area contributed by atoms with Gasteiger partial charge in [-0.1, -0.05) is 32.9 Å². The molecule has 0 aliphatic heterocycles. The third kappa shape index (κ3) is 2.93. The highest BCUT2D eigenvalue weighted by Crippen LogP contribution is 2.29. The molecule has 0 fully saturated rings. The Hall–Kier alpha value is -2.03. The Balaban J connectivity index is 2.43. The summed E-state index contributed by atoms with van der Waals surface area (Å²) >= 11 is 0. The van der Waals surface area contributed by atoms with Gasteiger partial charge in [0.15, 0.2) is 0 Å². The zero-order chi connectivity index (χ0) is 14.7. The van der Waals surface area contributed by atoms with Gasteiger partial charge in [0, 0.05) is 17.5 Å². The van der Waals surface area contributed by atoms with Crippen molar-refractivity contribution >= 4 is 16.7 Å². The molecular weight excluding hydrogens is 250 g/mol. The van der Waals surface area contributed by atoms with Gasteiger partial charge >= 0.3 is 0 Å². The average molecular weight is 271 g/mol. The molecule has 0 unspecified atom stereocenters. The molecule has 3 nitrogen and oxygen atoms in total. The van der Waals surface area contributed by atoms with E-state index >= 15 is 0 Å². The third-order valence-electron chi connectivity index (χ3n) is 3.42. The van der Waals surface area contributed by atoms with Gasteiger partial charge in [-0.2, -0.15) is 0 Å². The lowest BCUT2D eigenvalue weighted by molar-refractivity contribution is 0.0953. The predicted octanol–water partition coefficient (Wildman–Crippen LogP) is 3.81. The average Bonchev–Trinajstić information content (AvgIpc) is 2.44. The fraction of sp³-hybridized carbons (Fsp3) is 0.353. The van der Waals surface area contributed by atoms with Crippen LogP contribution in [0.5, 0.6) is 5.75 Å². The summed E-state index contributed by atoms with van der Waals surface area (Å²) in [6, 6.07) is 9.35. The molecule has 0 saturated heterocycles. The van der Waals surface area contributed by atoms with E-state index in [4.69, 9.17) is 0 Å². The molecule has 3 heteroatoms. The lowest BCUT2D eigenvalue weighted by Gasteiger charge is -2.10. The predicted molar refractivity (Wildman–Crippen MR) is 82.3 cm³/mol. The van der Waals surface area contributed by atoms with Crippen molar-refractivity contribution in [2.75, 3.05) is 6.54 Å². The van der Waals surface area contributed by atoms with Crippen LogP contribution in [0.4, 0.5) is 0 Å². The second-order valence-electron chi connectivity index (χ2n) is 5.39. The summed E-state index contributed by atoms with van der Waals surface area (Å²) in [5.41, 5.74) is 1.68. The number of benzene rings is 2. The molecule has 0 radical (unpaired) electrons. The van der Waals surface area contributed by atoms with Crippen LogP contribution in [0.25, 0.3) is 10.8 Å². The highest BCUT2D eigenvalue weighted by molar-refractivity contribution is 6.00. The number of fused-ring (bicyclic) bond motifs is 1. The van der Waals surface area contributed by atoms with Crippen molar-refractivity contribution in [3.8, 4) is 5.75 Å². The number of phenols is 1. The van der Waals surface area contributed by atoms with Crippen LogP contribution in [-0.4, -0.2) is 17.6 Å². The molecule has 2 aromatic carbocycles. The maximum Gasteiger partial charge on any atom is 0.251 e. The SMILES string of the molecule is CCCNC(=O)c1cc(O)c2cc(C(C)C)ccc2c1. The second-order valence-corrected chi connectivity index (χ2v) is 5.39. The highest BCUT2D eigenvalue weighted by atomic mass is 16.3. The van der Waals surface area contributed by atoms with E-state index in [1.165, 1.54) is 11.6 Å². The van der Waals surface area contributed by atoms with Crippen molar-refractivity contribution in [1.82, 2.24) is 5.32 Å². The molecule has 2 aromatic rings. The van der Waals surface area contributed by atoms with Gasteiger partial charge in [0.2, 0.25) is 0 Å². The van der Waals surface area contributed by atoms with E-state index in [1.54, 1.807) is 0 Å². The molecule has 0 aliphatic rings. The van der Waals surface area contributed by atoms with Crippen molar-refractivity contribution in [2.45, 2.75) is 33.1 Å². The Morgan fingerprint density at radius 3 is 2.65 bits per heavy atom. The van der Waals surface area contributed by atoms with Gasteiger partial charge in [-0.25, -0.2) is 0 Å². The molecule has 2 N–H and O–H groups in total. The second kappa shape index (κ2) is 5.95. The largest absolute Gasteiger partial charge is 0.507 e. The number of hydrogen-bond acceptors (Lipinski definition) is 2. The van der Waals surface area contributed by atoms with Crippen LogP contribution < -0.4 is 5.32 Å². The maximum atomic E-state index is 12.0. The number of carbonyl (C=O) groups excluding carboxylic acids is 1. The molecule has 0 saturated carbocycles. The van der Waals surface area contributed by atoms with Crippen LogP contribution >= 0.6 is 0 Å². The van der Waals surface area contributed by atoms with E-state index in [9.17, 15) is 9.90 Å². The molecule has 0 bridgehead atoms. The molecule has 20 heavy (non-hydrogen) atoms. The van der Waals surface area contributed by atoms with E-state index in [-0.39, 0.29) is 11.7 Å². The molecular formula is C17H21NO2. The van der Waals surface area contributed by atoms with Gasteiger partial charge in [-0.15, -0.1) is 0 Å². The fourth-order valence-corrected chi connectivity index (χ4v) is 2.19. The van der Waals surface area contributed by atoms with Crippen LogP contribution in [0, 0.1) is 0 Å². The zero-order valence-corrected chi connectivity index (χ0v) is 12.2. The van der Waals surface area contributed by atoms with Crippen molar-refractivity contribution < 1.29 is 9.90 Å². The summed E-state index contributed by atoms with van der Waals surface area (Å²) in [5.74, 6) is 0.426. The van der Waals surface area contributed by atoms with Gasteiger partial charge in [0.05, 0.1) is 0 Å². The first-order chi connectivity index (χ1) is 9.52. The standard InChI is InChI=1S/C17H21NO2/c1-4-7-18-17(20)14-8-13-6-5-12(11(2)3)9-15(13)16(19)10-14/h5-6,8-11,19H,4,7H2,1-3H3,(H,18,20). The molecule has 0 atom stereocenters. The van der Waals surface area contributed by atoms with Gasteiger partial charge in [0.1, 0.15) is 5.75 Å². The third-order valence-corrected chi connectivity index (χ3v) is 3.42. The molecule has 1 amide bonds. The summed E-state index contributed by atoms with van der Waals surface area (Å²) in [4.78, 5) is 12.0. The molecule has 2 rings (SSSR count). The summed E-state index contributed by atoms with van der Waals surface area (Å²) in [6.45, 7) is 6.88. The zero-order valence-electron chi connectivity index (χ0n) is 12.2. The first-order valence-corrected chi connectivity index (χ1v) is 7.07.